The smallest absolute Gasteiger partial charge is 0.177 e. The van der Waals surface area contributed by atoms with Gasteiger partial charge in [-0.05, 0) is 29.7 Å². The average Bonchev–Trinajstić information content (AvgIpc) is 3.00. The Morgan fingerprint density at radius 3 is 2.33 bits per heavy atom. The number of hydrogen-bond donors (Lipinski definition) is 1. The number of carbonyl (C=O) groups excluding carboxylic acids is 1. The second kappa shape index (κ2) is 8.78. The van der Waals surface area contributed by atoms with Crippen molar-refractivity contribution in [3.63, 3.8) is 0 Å². The van der Waals surface area contributed by atoms with E-state index in [1.165, 1.54) is 6.08 Å². The number of pyridine rings is 1. The van der Waals surface area contributed by atoms with Crippen LogP contribution < -0.4 is 5.56 Å². The molecular weight excluding hydrogens is 593 g/mol. The number of hydrogen-bond acceptors (Lipinski definition) is 4. The first-order valence-electron chi connectivity index (χ1n) is 11.4. The van der Waals surface area contributed by atoms with E-state index >= 15 is 0 Å². The molecule has 1 N–H and O–H groups in total. The number of aromatic nitrogens is 2. The minimum absolute atomic E-state index is 0. The molecule has 33 heavy (non-hydrogen) atoms. The van der Waals surface area contributed by atoms with Crippen molar-refractivity contribution in [3.05, 3.63) is 57.8 Å². The molecule has 2 atom stereocenters. The molecule has 0 aromatic carbocycles. The first-order valence-corrected chi connectivity index (χ1v) is 11.4. The van der Waals surface area contributed by atoms with Crippen LogP contribution in [0.15, 0.2) is 34.8 Å². The second-order valence-corrected chi connectivity index (χ2v) is 12.1. The van der Waals surface area contributed by atoms with E-state index in [-0.39, 0.29) is 53.5 Å². The van der Waals surface area contributed by atoms with Gasteiger partial charge in [0.25, 0.3) is 0 Å². The van der Waals surface area contributed by atoms with Crippen molar-refractivity contribution in [2.75, 3.05) is 0 Å². The SMILES string of the molecule is CC(C)(C)C(=O)C=C(O)C(C)(C)C.CC12CCC(c3c1nc1ccc[c-]n1c3=O)C2(C)C.[Ir]. The third-order valence-electron chi connectivity index (χ3n) is 7.56. The first kappa shape index (κ1) is 27.5. The summed E-state index contributed by atoms with van der Waals surface area (Å²) in [5, 5.41) is 9.56. The average molecular weight is 630 g/mol. The van der Waals surface area contributed by atoms with Crippen LogP contribution in [0.25, 0.3) is 5.65 Å². The summed E-state index contributed by atoms with van der Waals surface area (Å²) in [5.41, 5.74) is 2.19. The van der Waals surface area contributed by atoms with E-state index in [0.717, 1.165) is 29.7 Å². The van der Waals surface area contributed by atoms with Crippen molar-refractivity contribution in [1.82, 2.24) is 9.38 Å². The number of nitrogens with zero attached hydrogens (tertiary/aromatic N) is 2. The molecule has 2 bridgehead atoms. The summed E-state index contributed by atoms with van der Waals surface area (Å²) >= 11 is 0. The Labute approximate surface area is 211 Å². The van der Waals surface area contributed by atoms with Gasteiger partial charge in [0.05, 0.1) is 0 Å². The van der Waals surface area contributed by atoms with Gasteiger partial charge in [0.1, 0.15) is 5.76 Å². The zero-order chi connectivity index (χ0) is 24.3. The zero-order valence-electron chi connectivity index (χ0n) is 21.3. The maximum atomic E-state index is 12.7. The Hall–Kier alpha value is -1.78. The normalized spacial score (nSPS) is 23.4. The quantitative estimate of drug-likeness (QED) is 0.248. The van der Waals surface area contributed by atoms with Gasteiger partial charge in [-0.1, -0.05) is 68.5 Å². The number of allylic oxidation sites excluding steroid dienone is 2. The minimum atomic E-state index is -0.417. The number of aliphatic hydroxyl groups excluding tert-OH is 1. The molecule has 0 saturated heterocycles. The summed E-state index contributed by atoms with van der Waals surface area (Å²) in [6.07, 6.45) is 6.56. The van der Waals surface area contributed by atoms with Gasteiger partial charge >= 0.3 is 0 Å². The first-order chi connectivity index (χ1) is 14.5. The molecule has 6 heteroatoms. The molecule has 2 unspecified atom stereocenters. The van der Waals surface area contributed by atoms with Crippen LogP contribution in [0, 0.1) is 22.4 Å². The number of fused-ring (bicyclic) bond motifs is 6. The van der Waals surface area contributed by atoms with Crippen molar-refractivity contribution >= 4 is 11.4 Å². The van der Waals surface area contributed by atoms with E-state index in [0.29, 0.717) is 5.92 Å². The molecule has 2 heterocycles. The predicted octanol–water partition coefficient (Wildman–Crippen LogP) is 5.76. The van der Waals surface area contributed by atoms with Crippen LogP contribution in [-0.4, -0.2) is 20.3 Å². The summed E-state index contributed by atoms with van der Waals surface area (Å²) in [7, 11) is 0. The summed E-state index contributed by atoms with van der Waals surface area (Å²) < 4.78 is 1.57. The monoisotopic (exact) mass is 630 g/mol. The van der Waals surface area contributed by atoms with Crippen molar-refractivity contribution in [2.45, 2.75) is 86.5 Å². The third-order valence-corrected chi connectivity index (χ3v) is 7.56. The number of carbonyl (C=O) groups is 1. The Kier molecular flexibility index (Phi) is 7.30. The van der Waals surface area contributed by atoms with Gasteiger partial charge in [-0.2, -0.15) is 0 Å². The summed E-state index contributed by atoms with van der Waals surface area (Å²) in [6.45, 7) is 18.0. The van der Waals surface area contributed by atoms with Crippen molar-refractivity contribution < 1.29 is 30.0 Å². The second-order valence-electron chi connectivity index (χ2n) is 12.1. The van der Waals surface area contributed by atoms with Gasteiger partial charge in [0.2, 0.25) is 0 Å². The van der Waals surface area contributed by atoms with E-state index in [9.17, 15) is 14.7 Å². The van der Waals surface area contributed by atoms with Gasteiger partial charge in [-0.25, -0.2) is 0 Å². The Bertz CT molecular complexity index is 1150. The van der Waals surface area contributed by atoms with Crippen molar-refractivity contribution in [3.8, 4) is 0 Å². The van der Waals surface area contributed by atoms with Gasteiger partial charge in [-0.3, -0.25) is 9.78 Å². The molecule has 5 nitrogen and oxygen atoms in total. The standard InChI is InChI=1S/C16H17N2O.C11H20O2.Ir/c1-15(2)10-7-8-16(15,3)13-12(10)14(19)18-9-5-4-6-11(18)17-13;1-10(2,3)8(12)7-9(13)11(4,5)6;/h4-6,10H,7-8H2,1-3H3;7,12H,1-6H3;/q-1;;. The number of aliphatic hydroxyl groups is 1. The van der Waals surface area contributed by atoms with E-state index in [1.807, 2.05) is 53.7 Å². The van der Waals surface area contributed by atoms with Crippen molar-refractivity contribution in [1.29, 1.82) is 0 Å². The van der Waals surface area contributed by atoms with Crippen molar-refractivity contribution in [2.24, 2.45) is 16.2 Å². The predicted molar refractivity (Wildman–Crippen MR) is 128 cm³/mol. The van der Waals surface area contributed by atoms with Crippen LogP contribution in [0.2, 0.25) is 0 Å². The molecule has 183 valence electrons. The molecule has 1 radical (unpaired) electrons. The number of rotatable bonds is 1. The van der Waals surface area contributed by atoms with Gasteiger partial charge in [0, 0.05) is 53.8 Å². The number of ketones is 1. The molecule has 2 aromatic heterocycles. The van der Waals surface area contributed by atoms with Crippen LogP contribution in [-0.2, 0) is 30.3 Å². The molecule has 0 amide bonds. The van der Waals surface area contributed by atoms with Gasteiger partial charge < -0.3 is 14.3 Å². The maximum absolute atomic E-state index is 12.7. The fourth-order valence-corrected chi connectivity index (χ4v) is 4.76. The molecule has 1 saturated carbocycles. The molecule has 2 aromatic rings. The van der Waals surface area contributed by atoms with E-state index in [1.54, 1.807) is 10.5 Å². The molecular formula is C27H37IrN2O3-. The van der Waals surface area contributed by atoms with Gasteiger partial charge in [0.15, 0.2) is 11.3 Å². The van der Waals surface area contributed by atoms with Gasteiger partial charge in [-0.15, -0.1) is 18.2 Å². The Morgan fingerprint density at radius 2 is 1.79 bits per heavy atom. The minimum Gasteiger partial charge on any atom is -0.512 e. The Balaban J connectivity index is 0.000000246. The Morgan fingerprint density at radius 1 is 1.18 bits per heavy atom. The maximum Gasteiger partial charge on any atom is 0.177 e. The molecule has 4 rings (SSSR count). The van der Waals surface area contributed by atoms with Crippen LogP contribution in [0.3, 0.4) is 0 Å². The van der Waals surface area contributed by atoms with Crippen LogP contribution in [0.4, 0.5) is 0 Å². The van der Waals surface area contributed by atoms with Crippen LogP contribution >= 0.6 is 0 Å². The topological polar surface area (TPSA) is 71.7 Å². The fraction of sp³-hybridized carbons (Fsp3) is 0.593. The summed E-state index contributed by atoms with van der Waals surface area (Å²) in [5.74, 6) is 0.449. The van der Waals surface area contributed by atoms with E-state index < -0.39 is 5.41 Å². The molecule has 1 fully saturated rings. The third kappa shape index (κ3) is 4.61. The largest absolute Gasteiger partial charge is 0.512 e. The van der Waals surface area contributed by atoms with Crippen LogP contribution in [0.5, 0.6) is 0 Å². The fourth-order valence-electron chi connectivity index (χ4n) is 4.76. The van der Waals surface area contributed by atoms with Crippen LogP contribution in [0.1, 0.15) is 92.3 Å². The van der Waals surface area contributed by atoms with E-state index in [2.05, 4.69) is 27.0 Å². The molecule has 2 aliphatic carbocycles. The molecule has 0 spiro atoms. The molecule has 0 aliphatic heterocycles. The molecule has 2 aliphatic rings. The summed E-state index contributed by atoms with van der Waals surface area (Å²) in [4.78, 5) is 29.0. The van der Waals surface area contributed by atoms with E-state index in [4.69, 9.17) is 4.98 Å². The zero-order valence-corrected chi connectivity index (χ0v) is 23.7. The summed E-state index contributed by atoms with van der Waals surface area (Å²) in [6, 6.07) is 5.54.